The summed E-state index contributed by atoms with van der Waals surface area (Å²) in [5.41, 5.74) is 3.35. The highest BCUT2D eigenvalue weighted by molar-refractivity contribution is 5.93. The number of aromatic nitrogens is 3. The molecule has 166 valence electrons. The van der Waals surface area contributed by atoms with Crippen LogP contribution in [0.25, 0.3) is 0 Å². The average molecular weight is 431 g/mol. The molecule has 0 spiro atoms. The molecular weight excluding hydrogens is 400 g/mol. The lowest BCUT2D eigenvalue weighted by atomic mass is 10.2. The second kappa shape index (κ2) is 9.53. The Hall–Kier alpha value is -3.19. The summed E-state index contributed by atoms with van der Waals surface area (Å²) in [7, 11) is 0. The molecule has 2 aliphatic rings. The van der Waals surface area contributed by atoms with Gasteiger partial charge in [-0.25, -0.2) is 0 Å². The molecule has 7 heteroatoms. The number of anilines is 1. The van der Waals surface area contributed by atoms with Crippen molar-refractivity contribution >= 4 is 11.6 Å². The fourth-order valence-corrected chi connectivity index (χ4v) is 4.61. The van der Waals surface area contributed by atoms with Gasteiger partial charge in [-0.2, -0.15) is 0 Å². The molecule has 32 heavy (non-hydrogen) atoms. The van der Waals surface area contributed by atoms with Gasteiger partial charge in [0.15, 0.2) is 5.82 Å². The Kier molecular flexibility index (Phi) is 6.16. The predicted octanol–water partition coefficient (Wildman–Crippen LogP) is 2.87. The van der Waals surface area contributed by atoms with E-state index >= 15 is 0 Å². The van der Waals surface area contributed by atoms with Gasteiger partial charge in [-0.3, -0.25) is 9.69 Å². The summed E-state index contributed by atoms with van der Waals surface area (Å²) in [6.45, 7) is 6.43. The summed E-state index contributed by atoms with van der Waals surface area (Å²) < 4.78 is 2.17. The van der Waals surface area contributed by atoms with Crippen LogP contribution in [0.3, 0.4) is 0 Å². The van der Waals surface area contributed by atoms with Crippen LogP contribution in [0.2, 0.25) is 0 Å². The first-order valence-electron chi connectivity index (χ1n) is 11.6. The Morgan fingerprint density at radius 1 is 0.875 bits per heavy atom. The van der Waals surface area contributed by atoms with Gasteiger partial charge >= 0.3 is 0 Å². The van der Waals surface area contributed by atoms with Crippen LogP contribution >= 0.6 is 0 Å². The normalized spacial score (nSPS) is 16.6. The van der Waals surface area contributed by atoms with E-state index in [9.17, 15) is 4.79 Å². The van der Waals surface area contributed by atoms with Crippen molar-refractivity contribution in [2.75, 3.05) is 31.1 Å². The molecular formula is C25H30N6O. The maximum Gasteiger partial charge on any atom is 0.251 e. The number of carbonyl (C=O) groups excluding carboxylic acids is 1. The molecule has 1 amide bonds. The predicted molar refractivity (Wildman–Crippen MR) is 125 cm³/mol. The molecule has 7 nitrogen and oxygen atoms in total. The van der Waals surface area contributed by atoms with E-state index in [-0.39, 0.29) is 5.91 Å². The van der Waals surface area contributed by atoms with Crippen molar-refractivity contribution in [3.63, 3.8) is 0 Å². The monoisotopic (exact) mass is 430 g/mol. The molecule has 0 unspecified atom stereocenters. The van der Waals surface area contributed by atoms with Crippen LogP contribution in [-0.2, 0) is 26.1 Å². The fraction of sp³-hybridized carbons (Fsp3) is 0.400. The second-order valence-electron chi connectivity index (χ2n) is 8.62. The number of carbonyl (C=O) groups is 1. The first-order valence-corrected chi connectivity index (χ1v) is 11.6. The van der Waals surface area contributed by atoms with Gasteiger partial charge in [0.05, 0.1) is 6.54 Å². The zero-order valence-corrected chi connectivity index (χ0v) is 18.4. The molecule has 2 aromatic carbocycles. The SMILES string of the molecule is O=C(NCc1nnc2n1CCN(Cc1ccc(N3CCCC3)cc1)CC2)c1ccccc1. The van der Waals surface area contributed by atoms with Crippen molar-refractivity contribution in [3.8, 4) is 0 Å². The van der Waals surface area contributed by atoms with Crippen LogP contribution in [0.15, 0.2) is 54.6 Å². The molecule has 2 aliphatic heterocycles. The fourth-order valence-electron chi connectivity index (χ4n) is 4.61. The Balaban J connectivity index is 1.17. The summed E-state index contributed by atoms with van der Waals surface area (Å²) in [5, 5.41) is 11.7. The molecule has 0 aliphatic carbocycles. The lowest BCUT2D eigenvalue weighted by Gasteiger charge is -2.21. The molecule has 0 saturated carbocycles. The van der Waals surface area contributed by atoms with Crippen molar-refractivity contribution in [2.24, 2.45) is 0 Å². The van der Waals surface area contributed by atoms with Gasteiger partial charge in [0, 0.05) is 56.9 Å². The largest absolute Gasteiger partial charge is 0.372 e. The number of nitrogens with zero attached hydrogens (tertiary/aromatic N) is 5. The third-order valence-corrected chi connectivity index (χ3v) is 6.45. The zero-order valence-electron chi connectivity index (χ0n) is 18.4. The van der Waals surface area contributed by atoms with Crippen molar-refractivity contribution in [1.29, 1.82) is 0 Å². The summed E-state index contributed by atoms with van der Waals surface area (Å²) in [6.07, 6.45) is 3.47. The van der Waals surface area contributed by atoms with E-state index in [0.717, 1.165) is 44.2 Å². The smallest absolute Gasteiger partial charge is 0.251 e. The third-order valence-electron chi connectivity index (χ3n) is 6.45. The molecule has 1 aromatic heterocycles. The van der Waals surface area contributed by atoms with E-state index in [0.29, 0.717) is 12.1 Å². The quantitative estimate of drug-likeness (QED) is 0.651. The number of amides is 1. The van der Waals surface area contributed by atoms with Crippen LogP contribution in [0.4, 0.5) is 5.69 Å². The van der Waals surface area contributed by atoms with Gasteiger partial charge < -0.3 is 14.8 Å². The van der Waals surface area contributed by atoms with Crippen molar-refractivity contribution in [1.82, 2.24) is 25.0 Å². The highest BCUT2D eigenvalue weighted by Crippen LogP contribution is 2.21. The summed E-state index contributed by atoms with van der Waals surface area (Å²) in [6, 6.07) is 18.3. The first-order chi connectivity index (χ1) is 15.8. The van der Waals surface area contributed by atoms with E-state index in [2.05, 4.69) is 54.1 Å². The maximum absolute atomic E-state index is 12.4. The molecule has 0 radical (unpaired) electrons. The van der Waals surface area contributed by atoms with Crippen LogP contribution in [-0.4, -0.2) is 51.8 Å². The van der Waals surface area contributed by atoms with E-state index in [1.807, 2.05) is 30.3 Å². The summed E-state index contributed by atoms with van der Waals surface area (Å²) in [5.74, 6) is 1.73. The molecule has 3 heterocycles. The zero-order chi connectivity index (χ0) is 21.8. The number of rotatable bonds is 6. The van der Waals surface area contributed by atoms with E-state index < -0.39 is 0 Å². The van der Waals surface area contributed by atoms with E-state index in [1.54, 1.807) is 0 Å². The number of hydrogen-bond acceptors (Lipinski definition) is 5. The van der Waals surface area contributed by atoms with Gasteiger partial charge in [0.1, 0.15) is 5.82 Å². The molecule has 1 fully saturated rings. The Labute approximate surface area is 189 Å². The van der Waals surface area contributed by atoms with E-state index in [1.165, 1.54) is 37.2 Å². The molecule has 1 saturated heterocycles. The van der Waals surface area contributed by atoms with Gasteiger partial charge in [0.2, 0.25) is 0 Å². The van der Waals surface area contributed by atoms with Crippen molar-refractivity contribution < 1.29 is 4.79 Å². The van der Waals surface area contributed by atoms with Crippen molar-refractivity contribution in [2.45, 2.75) is 38.9 Å². The maximum atomic E-state index is 12.4. The highest BCUT2D eigenvalue weighted by Gasteiger charge is 2.19. The van der Waals surface area contributed by atoms with Crippen LogP contribution in [0.5, 0.6) is 0 Å². The molecule has 0 bridgehead atoms. The number of hydrogen-bond donors (Lipinski definition) is 1. The number of benzene rings is 2. The van der Waals surface area contributed by atoms with Gasteiger partial charge in [-0.15, -0.1) is 10.2 Å². The van der Waals surface area contributed by atoms with Crippen LogP contribution < -0.4 is 10.2 Å². The standard InChI is InChI=1S/C25H30N6O/c32-25(21-6-2-1-3-7-21)26-18-24-28-27-23-12-15-29(16-17-31(23)24)19-20-8-10-22(11-9-20)30-13-4-5-14-30/h1-3,6-11H,4-5,12-19H2,(H,26,32). The third kappa shape index (κ3) is 4.67. The molecule has 5 rings (SSSR count). The minimum absolute atomic E-state index is 0.0874. The Morgan fingerprint density at radius 2 is 1.66 bits per heavy atom. The highest BCUT2D eigenvalue weighted by atomic mass is 16.1. The van der Waals surface area contributed by atoms with E-state index in [4.69, 9.17) is 0 Å². The number of nitrogens with one attached hydrogen (secondary N) is 1. The minimum Gasteiger partial charge on any atom is -0.372 e. The average Bonchev–Trinajstić information content (AvgIpc) is 3.46. The minimum atomic E-state index is -0.0874. The first kappa shape index (κ1) is 20.7. The Bertz CT molecular complexity index is 1040. The van der Waals surface area contributed by atoms with Gasteiger partial charge in [0.25, 0.3) is 5.91 Å². The Morgan fingerprint density at radius 3 is 2.44 bits per heavy atom. The summed E-state index contributed by atoms with van der Waals surface area (Å²) >= 11 is 0. The summed E-state index contributed by atoms with van der Waals surface area (Å²) in [4.78, 5) is 17.3. The van der Waals surface area contributed by atoms with Crippen LogP contribution in [0.1, 0.15) is 40.4 Å². The van der Waals surface area contributed by atoms with Crippen LogP contribution in [0, 0.1) is 0 Å². The molecule has 0 atom stereocenters. The number of fused-ring (bicyclic) bond motifs is 1. The lowest BCUT2D eigenvalue weighted by molar-refractivity contribution is 0.0949. The second-order valence-corrected chi connectivity index (χ2v) is 8.62. The van der Waals surface area contributed by atoms with Gasteiger partial charge in [-0.05, 0) is 42.7 Å². The van der Waals surface area contributed by atoms with Crippen molar-refractivity contribution in [3.05, 3.63) is 77.4 Å². The molecule has 3 aromatic rings. The lowest BCUT2D eigenvalue weighted by Crippen LogP contribution is -2.28. The van der Waals surface area contributed by atoms with Gasteiger partial charge in [-0.1, -0.05) is 30.3 Å². The topological polar surface area (TPSA) is 66.3 Å². The molecule has 1 N–H and O–H groups in total.